The Hall–Kier alpha value is -1.56. The van der Waals surface area contributed by atoms with Gasteiger partial charge < -0.3 is 10.6 Å². The molecule has 1 aromatic heterocycles. The van der Waals surface area contributed by atoms with Crippen molar-refractivity contribution in [3.63, 3.8) is 0 Å². The second-order valence-corrected chi connectivity index (χ2v) is 9.77. The van der Waals surface area contributed by atoms with Gasteiger partial charge in [-0.25, -0.2) is 4.68 Å². The van der Waals surface area contributed by atoms with Crippen LogP contribution in [0.5, 0.6) is 0 Å². The number of amides is 1. The van der Waals surface area contributed by atoms with E-state index in [1.807, 2.05) is 0 Å². The van der Waals surface area contributed by atoms with Crippen molar-refractivity contribution in [1.29, 1.82) is 0 Å². The lowest BCUT2D eigenvalue weighted by Gasteiger charge is -2.50. The number of nitrogens with zero attached hydrogens (tertiary/aromatic N) is 2. The number of halogens is 1. The molecule has 2 aliphatic carbocycles. The normalized spacial score (nSPS) is 29.8. The molecule has 0 aliphatic heterocycles. The van der Waals surface area contributed by atoms with Gasteiger partial charge in [-0.1, -0.05) is 46.2 Å². The van der Waals surface area contributed by atoms with Gasteiger partial charge in [0.1, 0.15) is 11.6 Å². The number of carbonyl (C=O) groups is 1. The molecule has 0 unspecified atom stereocenters. The summed E-state index contributed by atoms with van der Waals surface area (Å²) in [7, 11) is 0. The van der Waals surface area contributed by atoms with E-state index < -0.39 is 5.56 Å². The summed E-state index contributed by atoms with van der Waals surface area (Å²) in [5.74, 6) is 1.34. The number of hydrogen-bond donors (Lipinski definition) is 2. The minimum atomic E-state index is -0.430. The van der Waals surface area contributed by atoms with E-state index in [1.54, 1.807) is 6.20 Å². The fraction of sp³-hybridized carbons (Fsp3) is 0.762. The molecule has 0 saturated heterocycles. The standard InChI is InChI=1S/C21H33ClN4O2/c1-12-9-16(13(2)14(3)21(12,4)5)25-17-10-23-26(20(28)19(17)22)11-18(27)24-15-7-6-8-15/h10,12-16,25H,6-9,11H2,1-5H3,(H,24,27)/t12-,13+,14+,16+/m0/s1. The quantitative estimate of drug-likeness (QED) is 0.779. The van der Waals surface area contributed by atoms with E-state index in [0.29, 0.717) is 23.4 Å². The zero-order valence-corrected chi connectivity index (χ0v) is 18.3. The molecule has 6 nitrogen and oxygen atoms in total. The third-order valence-corrected chi connectivity index (χ3v) is 7.93. The molecule has 1 amide bonds. The number of rotatable bonds is 5. The highest BCUT2D eigenvalue weighted by atomic mass is 35.5. The molecule has 156 valence electrons. The third-order valence-electron chi connectivity index (χ3n) is 7.56. The van der Waals surface area contributed by atoms with Crippen LogP contribution in [0.4, 0.5) is 5.69 Å². The van der Waals surface area contributed by atoms with E-state index >= 15 is 0 Å². The molecule has 0 bridgehead atoms. The Bertz CT molecular complexity index is 787. The van der Waals surface area contributed by atoms with Crippen LogP contribution in [0.25, 0.3) is 0 Å². The molecular weight excluding hydrogens is 376 g/mol. The minimum absolute atomic E-state index is 0.0998. The van der Waals surface area contributed by atoms with Crippen molar-refractivity contribution in [3.8, 4) is 0 Å². The lowest BCUT2D eigenvalue weighted by atomic mass is 9.58. The second-order valence-electron chi connectivity index (χ2n) is 9.39. The van der Waals surface area contributed by atoms with Crippen LogP contribution in [-0.2, 0) is 11.3 Å². The largest absolute Gasteiger partial charge is 0.379 e. The van der Waals surface area contributed by atoms with E-state index in [4.69, 9.17) is 11.6 Å². The molecular formula is C21H33ClN4O2. The van der Waals surface area contributed by atoms with Gasteiger partial charge in [0.2, 0.25) is 5.91 Å². The van der Waals surface area contributed by atoms with Crippen molar-refractivity contribution in [2.24, 2.45) is 23.2 Å². The first kappa shape index (κ1) is 21.2. The second kappa shape index (κ2) is 8.05. The topological polar surface area (TPSA) is 76.0 Å². The number of carbonyl (C=O) groups excluding carboxylic acids is 1. The summed E-state index contributed by atoms with van der Waals surface area (Å²) in [5.41, 5.74) is 0.398. The maximum atomic E-state index is 12.6. The van der Waals surface area contributed by atoms with Crippen LogP contribution in [-0.4, -0.2) is 27.8 Å². The number of nitrogens with one attached hydrogen (secondary N) is 2. The van der Waals surface area contributed by atoms with Gasteiger partial charge in [-0.05, 0) is 48.9 Å². The fourth-order valence-electron chi connectivity index (χ4n) is 4.40. The molecule has 1 aromatic rings. The Morgan fingerprint density at radius 1 is 1.32 bits per heavy atom. The van der Waals surface area contributed by atoms with Gasteiger partial charge in [0, 0.05) is 12.1 Å². The van der Waals surface area contributed by atoms with Crippen molar-refractivity contribution in [2.75, 3.05) is 5.32 Å². The van der Waals surface area contributed by atoms with Crippen LogP contribution in [0.3, 0.4) is 0 Å². The highest BCUT2D eigenvalue weighted by Crippen LogP contribution is 2.48. The van der Waals surface area contributed by atoms with Crippen molar-refractivity contribution in [3.05, 3.63) is 21.6 Å². The van der Waals surface area contributed by atoms with E-state index in [9.17, 15) is 9.59 Å². The van der Waals surface area contributed by atoms with Crippen LogP contribution in [0, 0.1) is 23.2 Å². The Morgan fingerprint density at radius 3 is 2.61 bits per heavy atom. The predicted octanol–water partition coefficient (Wildman–Crippen LogP) is 3.68. The fourth-order valence-corrected chi connectivity index (χ4v) is 4.61. The van der Waals surface area contributed by atoms with E-state index in [2.05, 4.69) is 50.4 Å². The molecule has 4 atom stereocenters. The van der Waals surface area contributed by atoms with Crippen LogP contribution in [0.15, 0.2) is 11.0 Å². The highest BCUT2D eigenvalue weighted by Gasteiger charge is 2.43. The van der Waals surface area contributed by atoms with E-state index in [-0.39, 0.29) is 35.0 Å². The van der Waals surface area contributed by atoms with Gasteiger partial charge >= 0.3 is 0 Å². The van der Waals surface area contributed by atoms with E-state index in [0.717, 1.165) is 30.4 Å². The molecule has 7 heteroatoms. The molecule has 1 heterocycles. The summed E-state index contributed by atoms with van der Waals surface area (Å²) in [4.78, 5) is 24.7. The van der Waals surface area contributed by atoms with Crippen LogP contribution in [0.2, 0.25) is 5.02 Å². The smallest absolute Gasteiger partial charge is 0.288 e. The van der Waals surface area contributed by atoms with Gasteiger partial charge in [0.05, 0.1) is 11.9 Å². The molecule has 0 aromatic carbocycles. The first-order valence-corrected chi connectivity index (χ1v) is 10.8. The lowest BCUT2D eigenvalue weighted by Crippen LogP contribution is -2.48. The SMILES string of the molecule is C[C@@H]1[C@@H](C)C(C)(C)[C@@H](C)C[C@H]1Nc1cnn(CC(=O)NC2CCC2)c(=O)c1Cl. The van der Waals surface area contributed by atoms with Gasteiger partial charge in [-0.2, -0.15) is 5.10 Å². The number of hydrogen-bond acceptors (Lipinski definition) is 4. The Morgan fingerprint density at radius 2 is 2.00 bits per heavy atom. The average Bonchev–Trinajstić information content (AvgIpc) is 2.61. The number of aromatic nitrogens is 2. The predicted molar refractivity (Wildman–Crippen MR) is 113 cm³/mol. The molecule has 2 aliphatic rings. The summed E-state index contributed by atoms with van der Waals surface area (Å²) in [6.07, 6.45) is 5.74. The summed E-state index contributed by atoms with van der Waals surface area (Å²) < 4.78 is 1.14. The maximum absolute atomic E-state index is 12.6. The lowest BCUT2D eigenvalue weighted by molar-refractivity contribution is -0.123. The molecule has 0 spiro atoms. The number of anilines is 1. The monoisotopic (exact) mass is 408 g/mol. The van der Waals surface area contributed by atoms with Gasteiger partial charge in [0.25, 0.3) is 5.56 Å². The Labute approximate surface area is 172 Å². The van der Waals surface area contributed by atoms with E-state index in [1.165, 1.54) is 0 Å². The summed E-state index contributed by atoms with van der Waals surface area (Å²) >= 11 is 6.35. The van der Waals surface area contributed by atoms with Crippen molar-refractivity contribution in [1.82, 2.24) is 15.1 Å². The van der Waals surface area contributed by atoms with Crippen molar-refractivity contribution in [2.45, 2.75) is 78.9 Å². The van der Waals surface area contributed by atoms with Crippen LogP contribution < -0.4 is 16.2 Å². The van der Waals surface area contributed by atoms with Crippen molar-refractivity contribution >= 4 is 23.2 Å². The maximum Gasteiger partial charge on any atom is 0.288 e. The van der Waals surface area contributed by atoms with Crippen molar-refractivity contribution < 1.29 is 4.79 Å². The minimum Gasteiger partial charge on any atom is -0.379 e. The van der Waals surface area contributed by atoms with Crippen LogP contribution in [0.1, 0.15) is 60.3 Å². The first-order chi connectivity index (χ1) is 13.1. The molecule has 2 fully saturated rings. The average molecular weight is 409 g/mol. The summed E-state index contributed by atoms with van der Waals surface area (Å²) in [6.45, 7) is 11.4. The Balaban J connectivity index is 1.70. The molecule has 2 N–H and O–H groups in total. The molecule has 3 rings (SSSR count). The molecule has 28 heavy (non-hydrogen) atoms. The summed E-state index contributed by atoms with van der Waals surface area (Å²) in [6, 6.07) is 0.468. The third kappa shape index (κ3) is 4.07. The van der Waals surface area contributed by atoms with Gasteiger partial charge in [-0.3, -0.25) is 9.59 Å². The summed E-state index contributed by atoms with van der Waals surface area (Å²) in [5, 5.41) is 10.7. The Kier molecular flexibility index (Phi) is 6.08. The zero-order chi connectivity index (χ0) is 20.6. The highest BCUT2D eigenvalue weighted by molar-refractivity contribution is 6.32. The molecule has 2 saturated carbocycles. The van der Waals surface area contributed by atoms with Crippen LogP contribution >= 0.6 is 11.6 Å². The molecule has 0 radical (unpaired) electrons. The van der Waals surface area contributed by atoms with Gasteiger partial charge in [-0.15, -0.1) is 0 Å². The van der Waals surface area contributed by atoms with Gasteiger partial charge in [0.15, 0.2) is 0 Å². The zero-order valence-electron chi connectivity index (χ0n) is 17.6. The first-order valence-electron chi connectivity index (χ1n) is 10.4.